The van der Waals surface area contributed by atoms with E-state index in [1.807, 2.05) is 0 Å². The molecule has 0 radical (unpaired) electrons. The van der Waals surface area contributed by atoms with Crippen LogP contribution in [-0.4, -0.2) is 56.5 Å². The average Bonchev–Trinajstić information content (AvgIpc) is 2.70. The number of likely N-dealkylation sites (tertiary alicyclic amines) is 1. The summed E-state index contributed by atoms with van der Waals surface area (Å²) in [7, 11) is -1.41. The van der Waals surface area contributed by atoms with Gasteiger partial charge in [0.25, 0.3) is 0 Å². The lowest BCUT2D eigenvalue weighted by Gasteiger charge is -2.42. The highest BCUT2D eigenvalue weighted by Gasteiger charge is 2.45. The molecule has 182 valence electrons. The second-order valence-electron chi connectivity index (χ2n) is 8.98. The number of carbonyl (C=O) groups is 1. The summed E-state index contributed by atoms with van der Waals surface area (Å²) in [6, 6.07) is 5.20. The van der Waals surface area contributed by atoms with Crippen LogP contribution in [-0.2, 0) is 14.9 Å². The second kappa shape index (κ2) is 9.70. The van der Waals surface area contributed by atoms with Crippen molar-refractivity contribution in [3.05, 3.63) is 33.9 Å². The van der Waals surface area contributed by atoms with E-state index in [4.69, 9.17) is 22.1 Å². The van der Waals surface area contributed by atoms with Crippen LogP contribution in [0.4, 0.5) is 16.2 Å². The van der Waals surface area contributed by atoms with E-state index in [2.05, 4.69) is 28.6 Å². The minimum absolute atomic E-state index is 0.0309. The van der Waals surface area contributed by atoms with Crippen LogP contribution < -0.4 is 10.0 Å². The molecule has 9 nitrogen and oxygen atoms in total. The van der Waals surface area contributed by atoms with Crippen LogP contribution in [0.1, 0.15) is 33.6 Å². The maximum atomic E-state index is 13.4. The Hall–Kier alpha value is -2.00. The molecule has 1 heterocycles. The van der Waals surface area contributed by atoms with Gasteiger partial charge in [0.05, 0.1) is 17.4 Å². The number of carbonyl (C=O) groups excluding carboxylic acids is 1. The van der Waals surface area contributed by atoms with Gasteiger partial charge in [-0.05, 0) is 61.7 Å². The summed E-state index contributed by atoms with van der Waals surface area (Å²) in [5.41, 5.74) is 4.52. The van der Waals surface area contributed by atoms with Crippen molar-refractivity contribution in [1.82, 2.24) is 9.21 Å². The van der Waals surface area contributed by atoms with Gasteiger partial charge in [-0.15, -0.1) is 0 Å². The molecule has 0 saturated carbocycles. The molecule has 0 aliphatic carbocycles. The Bertz CT molecular complexity index is 1090. The lowest BCUT2D eigenvalue weighted by Crippen LogP contribution is -2.49. The fraction of sp³-hybridized carbons (Fsp3) is 0.524. The number of nitrogens with zero attached hydrogens (tertiary/aromatic N) is 4. The first-order valence-electron chi connectivity index (χ1n) is 10.1. The van der Waals surface area contributed by atoms with Gasteiger partial charge in [-0.2, -0.15) is 18.0 Å². The summed E-state index contributed by atoms with van der Waals surface area (Å²) in [5, 5.41) is 10.4. The fourth-order valence-corrected chi connectivity index (χ4v) is 5.34. The summed E-state index contributed by atoms with van der Waals surface area (Å²) in [4.78, 5) is 14.0. The number of allylic oxidation sites excluding steroid dienone is 1. The Morgan fingerprint density at radius 2 is 1.88 bits per heavy atom. The van der Waals surface area contributed by atoms with Gasteiger partial charge >= 0.3 is 16.3 Å². The predicted octanol–water partition coefficient (Wildman–Crippen LogP) is 4.35. The van der Waals surface area contributed by atoms with E-state index in [1.165, 1.54) is 25.1 Å². The standard InChI is InChI=1S/C21H29BrClN5O4S/c1-14(21(13-24)7-9-27(10-8-21)19(29)32-20(2,3)4)28(33(30,31)26(5)6)17-12-15(23)11-16(22)18(17)25/h11-12H,1,7-10,25H2,2-6H3. The molecule has 2 N–H and O–H groups in total. The SMILES string of the molecule is C=C(N(c1cc(Cl)cc(Br)c1N)S(=O)(=O)N(C)C)C1(C#N)CCN(C(=O)OC(C)(C)C)CC1. The topological polar surface area (TPSA) is 120 Å². The highest BCUT2D eigenvalue weighted by atomic mass is 79.9. The number of nitrogen functional groups attached to an aromatic ring is 1. The van der Waals surface area contributed by atoms with E-state index >= 15 is 0 Å². The Morgan fingerprint density at radius 3 is 2.33 bits per heavy atom. The molecule has 0 aromatic heterocycles. The molecule has 0 bridgehead atoms. The van der Waals surface area contributed by atoms with Crippen molar-refractivity contribution < 1.29 is 17.9 Å². The van der Waals surface area contributed by atoms with Crippen molar-refractivity contribution in [2.75, 3.05) is 37.2 Å². The molecule has 1 amide bonds. The number of halogens is 2. The van der Waals surface area contributed by atoms with Crippen LogP contribution in [0.15, 0.2) is 28.9 Å². The number of nitriles is 1. The zero-order valence-electron chi connectivity index (χ0n) is 19.4. The van der Waals surface area contributed by atoms with Gasteiger partial charge in [0.1, 0.15) is 11.0 Å². The molecule has 1 aromatic rings. The lowest BCUT2D eigenvalue weighted by atomic mass is 9.77. The molecule has 0 unspecified atom stereocenters. The first-order valence-corrected chi connectivity index (χ1v) is 12.7. The third kappa shape index (κ3) is 5.74. The van der Waals surface area contributed by atoms with E-state index < -0.39 is 27.3 Å². The Morgan fingerprint density at radius 1 is 1.33 bits per heavy atom. The Kier molecular flexibility index (Phi) is 8.01. The monoisotopic (exact) mass is 561 g/mol. The molecule has 1 aromatic carbocycles. The van der Waals surface area contributed by atoms with Crippen molar-refractivity contribution in [3.63, 3.8) is 0 Å². The first-order chi connectivity index (χ1) is 15.1. The number of benzene rings is 1. The van der Waals surface area contributed by atoms with Gasteiger partial charge in [0, 0.05) is 42.4 Å². The third-order valence-corrected chi connectivity index (χ3v) is 7.94. The van der Waals surface area contributed by atoms with Crippen LogP contribution in [0.25, 0.3) is 0 Å². The first kappa shape index (κ1) is 27.2. The van der Waals surface area contributed by atoms with Crippen molar-refractivity contribution >= 4 is 55.2 Å². The van der Waals surface area contributed by atoms with Crippen molar-refractivity contribution in [2.45, 2.75) is 39.2 Å². The van der Waals surface area contributed by atoms with E-state index in [0.717, 1.165) is 8.61 Å². The average molecular weight is 563 g/mol. The smallest absolute Gasteiger partial charge is 0.410 e. The number of hydrogen-bond acceptors (Lipinski definition) is 6. The van der Waals surface area contributed by atoms with Gasteiger partial charge in [0.2, 0.25) is 0 Å². The zero-order chi connectivity index (χ0) is 25.4. The molecule has 2 rings (SSSR count). The molecular formula is C21H29BrClN5O4S. The van der Waals surface area contributed by atoms with Crippen molar-refractivity contribution in [2.24, 2.45) is 5.41 Å². The van der Waals surface area contributed by atoms with Crippen LogP contribution >= 0.6 is 27.5 Å². The summed E-state index contributed by atoms with van der Waals surface area (Å²) < 4.78 is 34.5. The van der Waals surface area contributed by atoms with Gasteiger partial charge in [-0.1, -0.05) is 18.2 Å². The fourth-order valence-electron chi connectivity index (χ4n) is 3.37. The molecule has 1 aliphatic rings. The molecule has 12 heteroatoms. The number of nitrogens with two attached hydrogens (primary N) is 1. The minimum Gasteiger partial charge on any atom is -0.444 e. The molecule has 1 fully saturated rings. The number of piperidine rings is 1. The number of rotatable bonds is 5. The van der Waals surface area contributed by atoms with Gasteiger partial charge < -0.3 is 15.4 Å². The van der Waals surface area contributed by atoms with E-state index in [-0.39, 0.29) is 48.0 Å². The predicted molar refractivity (Wildman–Crippen MR) is 133 cm³/mol. The van der Waals surface area contributed by atoms with Crippen LogP contribution in [0.5, 0.6) is 0 Å². The van der Waals surface area contributed by atoms with E-state index in [0.29, 0.717) is 4.47 Å². The number of amides is 1. The number of anilines is 2. The van der Waals surface area contributed by atoms with Crippen LogP contribution in [0.3, 0.4) is 0 Å². The molecule has 0 atom stereocenters. The summed E-state index contributed by atoms with van der Waals surface area (Å²) in [6.45, 7) is 9.74. The summed E-state index contributed by atoms with van der Waals surface area (Å²) in [5.74, 6) is 0. The highest BCUT2D eigenvalue weighted by Crippen LogP contribution is 2.45. The third-order valence-electron chi connectivity index (χ3n) is 5.26. The molecule has 0 spiro atoms. The quantitative estimate of drug-likeness (QED) is 0.533. The summed E-state index contributed by atoms with van der Waals surface area (Å²) >= 11 is 9.48. The highest BCUT2D eigenvalue weighted by molar-refractivity contribution is 9.10. The van der Waals surface area contributed by atoms with Crippen molar-refractivity contribution in [3.8, 4) is 6.07 Å². The Labute approximate surface area is 209 Å². The van der Waals surface area contributed by atoms with Crippen LogP contribution in [0.2, 0.25) is 5.02 Å². The molecule has 33 heavy (non-hydrogen) atoms. The van der Waals surface area contributed by atoms with Gasteiger partial charge in [-0.3, -0.25) is 0 Å². The van der Waals surface area contributed by atoms with Gasteiger partial charge in [0.15, 0.2) is 0 Å². The molecular weight excluding hydrogens is 534 g/mol. The van der Waals surface area contributed by atoms with Crippen molar-refractivity contribution in [1.29, 1.82) is 5.26 Å². The van der Waals surface area contributed by atoms with E-state index in [9.17, 15) is 18.5 Å². The number of ether oxygens (including phenoxy) is 1. The Balaban J connectivity index is 2.49. The largest absolute Gasteiger partial charge is 0.444 e. The zero-order valence-corrected chi connectivity index (χ0v) is 22.5. The number of hydrogen-bond donors (Lipinski definition) is 1. The molecule has 1 aliphatic heterocycles. The second-order valence-corrected chi connectivity index (χ2v) is 12.3. The minimum atomic E-state index is -4.15. The maximum absolute atomic E-state index is 13.4. The normalized spacial score (nSPS) is 16.3. The summed E-state index contributed by atoms with van der Waals surface area (Å²) in [6.07, 6.45) is -0.147. The lowest BCUT2D eigenvalue weighted by molar-refractivity contribution is 0.0167. The van der Waals surface area contributed by atoms with Crippen LogP contribution in [0, 0.1) is 16.7 Å². The van der Waals surface area contributed by atoms with E-state index in [1.54, 1.807) is 26.8 Å². The molecule has 1 saturated heterocycles. The maximum Gasteiger partial charge on any atom is 0.410 e. The van der Waals surface area contributed by atoms with Gasteiger partial charge in [-0.25, -0.2) is 9.10 Å².